The molecule has 4 nitrogen and oxygen atoms in total. The van der Waals surface area contributed by atoms with Crippen LogP contribution in [0.15, 0.2) is 12.1 Å². The minimum atomic E-state index is -6.55. The molecule has 0 bridgehead atoms. The SMILES string of the molecule is CCC(F)(F)C(F)(F)C(F)(F)S(=O)(=O)Oc1c(C(C)C)cc(C=O)cc1C(C)C. The van der Waals surface area contributed by atoms with Crippen LogP contribution in [0.25, 0.3) is 0 Å². The predicted octanol–water partition coefficient (Wildman–Crippen LogP) is 5.73. The third-order valence-corrected chi connectivity index (χ3v) is 5.60. The molecule has 1 aromatic carbocycles. The molecule has 0 amide bonds. The van der Waals surface area contributed by atoms with Crippen LogP contribution >= 0.6 is 0 Å². The smallest absolute Gasteiger partial charge is 0.377 e. The molecule has 0 unspecified atom stereocenters. The van der Waals surface area contributed by atoms with Gasteiger partial charge in [0, 0.05) is 12.0 Å². The summed E-state index contributed by atoms with van der Waals surface area (Å²) in [6.45, 7) is 6.59. The van der Waals surface area contributed by atoms with Crippen molar-refractivity contribution in [1.29, 1.82) is 0 Å². The summed E-state index contributed by atoms with van der Waals surface area (Å²) in [5, 5.41) is -6.22. The molecule has 0 atom stereocenters. The molecule has 0 fully saturated rings. The largest absolute Gasteiger partial charge is 0.449 e. The van der Waals surface area contributed by atoms with Crippen molar-refractivity contribution in [2.45, 2.75) is 70.0 Å². The van der Waals surface area contributed by atoms with Gasteiger partial charge >= 0.3 is 27.2 Å². The quantitative estimate of drug-likeness (QED) is 0.275. The highest BCUT2D eigenvalue weighted by Crippen LogP contribution is 2.51. The van der Waals surface area contributed by atoms with Gasteiger partial charge in [-0.25, -0.2) is 0 Å². The fourth-order valence-electron chi connectivity index (χ4n) is 2.47. The summed E-state index contributed by atoms with van der Waals surface area (Å²) >= 11 is 0. The second kappa shape index (κ2) is 8.16. The van der Waals surface area contributed by atoms with Crippen LogP contribution in [0.2, 0.25) is 0 Å². The zero-order valence-corrected chi connectivity index (χ0v) is 17.2. The lowest BCUT2D eigenvalue weighted by molar-refractivity contribution is -0.281. The van der Waals surface area contributed by atoms with E-state index in [9.17, 15) is 39.6 Å². The summed E-state index contributed by atoms with van der Waals surface area (Å²) in [6.07, 6.45) is -1.28. The van der Waals surface area contributed by atoms with Crippen LogP contribution < -0.4 is 4.18 Å². The first-order valence-electron chi connectivity index (χ1n) is 8.67. The Morgan fingerprint density at radius 3 is 1.69 bits per heavy atom. The van der Waals surface area contributed by atoms with E-state index >= 15 is 0 Å². The third kappa shape index (κ3) is 4.39. The van der Waals surface area contributed by atoms with Crippen molar-refractivity contribution in [3.8, 4) is 5.75 Å². The van der Waals surface area contributed by atoms with Gasteiger partial charge in [-0.3, -0.25) is 4.79 Å². The first-order chi connectivity index (χ1) is 13.0. The number of alkyl halides is 6. The Morgan fingerprint density at radius 2 is 1.38 bits per heavy atom. The lowest BCUT2D eigenvalue weighted by Gasteiger charge is -2.31. The van der Waals surface area contributed by atoms with Gasteiger partial charge in [-0.1, -0.05) is 34.6 Å². The van der Waals surface area contributed by atoms with Gasteiger partial charge in [-0.15, -0.1) is 0 Å². The molecule has 0 aromatic heterocycles. The molecule has 0 aliphatic carbocycles. The Balaban J connectivity index is 3.69. The summed E-state index contributed by atoms with van der Waals surface area (Å²) < 4.78 is 111. The van der Waals surface area contributed by atoms with Gasteiger partial charge in [0.2, 0.25) is 0 Å². The van der Waals surface area contributed by atoms with Gasteiger partial charge in [-0.2, -0.15) is 34.8 Å². The van der Waals surface area contributed by atoms with Crippen molar-refractivity contribution >= 4 is 16.4 Å². The maximum atomic E-state index is 14.2. The number of hydrogen-bond donors (Lipinski definition) is 0. The standard InChI is InChI=1S/C18H22F6O4S/c1-6-16(19,20)17(21,22)18(23,24)29(26,27)28-15-13(10(2)3)7-12(9-25)8-14(15)11(4)5/h7-11H,6H2,1-5H3. The number of halogens is 6. The average molecular weight is 448 g/mol. The lowest BCUT2D eigenvalue weighted by Crippen LogP contribution is -2.58. The van der Waals surface area contributed by atoms with E-state index < -0.39 is 51.2 Å². The molecule has 0 spiro atoms. The first-order valence-corrected chi connectivity index (χ1v) is 10.1. The lowest BCUT2D eigenvalue weighted by atomic mass is 9.92. The van der Waals surface area contributed by atoms with Crippen molar-refractivity contribution in [3.05, 3.63) is 28.8 Å². The topological polar surface area (TPSA) is 60.4 Å². The highest BCUT2D eigenvalue weighted by molar-refractivity contribution is 7.88. The molecule has 1 aromatic rings. The Hall–Kier alpha value is -1.78. The molecule has 0 aliphatic heterocycles. The summed E-state index contributed by atoms with van der Waals surface area (Å²) in [7, 11) is -6.55. The highest BCUT2D eigenvalue weighted by atomic mass is 32.2. The van der Waals surface area contributed by atoms with E-state index in [2.05, 4.69) is 4.18 Å². The fourth-order valence-corrected chi connectivity index (χ4v) is 3.45. The van der Waals surface area contributed by atoms with Crippen LogP contribution in [0, 0.1) is 0 Å². The molecule has 166 valence electrons. The minimum Gasteiger partial charge on any atom is -0.377 e. The minimum absolute atomic E-state index is 0.0248. The van der Waals surface area contributed by atoms with E-state index in [1.54, 1.807) is 0 Å². The van der Waals surface area contributed by atoms with Crippen molar-refractivity contribution in [2.75, 3.05) is 0 Å². The van der Waals surface area contributed by atoms with E-state index in [1.807, 2.05) is 0 Å². The van der Waals surface area contributed by atoms with Crippen LogP contribution in [0.1, 0.15) is 74.4 Å². The molecular weight excluding hydrogens is 426 g/mol. The zero-order valence-electron chi connectivity index (χ0n) is 16.4. The van der Waals surface area contributed by atoms with Gasteiger partial charge in [0.15, 0.2) is 0 Å². The molecule has 0 heterocycles. The summed E-state index contributed by atoms with van der Waals surface area (Å²) in [6, 6.07) is 2.32. The monoisotopic (exact) mass is 448 g/mol. The van der Waals surface area contributed by atoms with E-state index in [4.69, 9.17) is 0 Å². The number of carbonyl (C=O) groups excluding carboxylic acids is 1. The predicted molar refractivity (Wildman–Crippen MR) is 94.7 cm³/mol. The third-order valence-electron chi connectivity index (χ3n) is 4.32. The van der Waals surface area contributed by atoms with Gasteiger partial charge < -0.3 is 4.18 Å². The second-order valence-electron chi connectivity index (χ2n) is 7.14. The first kappa shape index (κ1) is 25.3. The molecule has 0 saturated carbocycles. The fraction of sp³-hybridized carbons (Fsp3) is 0.611. The normalized spacial score (nSPS) is 13.8. The van der Waals surface area contributed by atoms with E-state index in [-0.39, 0.29) is 16.7 Å². The number of benzene rings is 1. The van der Waals surface area contributed by atoms with E-state index in [0.29, 0.717) is 13.2 Å². The second-order valence-corrected chi connectivity index (χ2v) is 8.73. The molecule has 1 rings (SSSR count). The average Bonchev–Trinajstić information content (AvgIpc) is 2.60. The van der Waals surface area contributed by atoms with Gasteiger partial charge in [0.25, 0.3) is 0 Å². The van der Waals surface area contributed by atoms with Crippen LogP contribution in [-0.4, -0.2) is 31.8 Å². The number of carbonyl (C=O) groups is 1. The zero-order chi connectivity index (χ0) is 23.0. The molecule has 29 heavy (non-hydrogen) atoms. The van der Waals surface area contributed by atoms with Crippen LogP contribution in [0.4, 0.5) is 26.3 Å². The van der Waals surface area contributed by atoms with E-state index in [1.165, 1.54) is 27.7 Å². The Morgan fingerprint density at radius 1 is 0.966 bits per heavy atom. The molecule has 0 aliphatic rings. The summed E-state index contributed by atoms with van der Waals surface area (Å²) in [5.74, 6) is -13.3. The summed E-state index contributed by atoms with van der Waals surface area (Å²) in [5.41, 5.74) is 0.0308. The molecule has 0 radical (unpaired) electrons. The van der Waals surface area contributed by atoms with Crippen molar-refractivity contribution < 1.29 is 43.7 Å². The molecule has 0 N–H and O–H groups in total. The number of rotatable bonds is 9. The molecule has 11 heteroatoms. The van der Waals surface area contributed by atoms with E-state index in [0.717, 1.165) is 12.1 Å². The maximum Gasteiger partial charge on any atom is 0.449 e. The number of aldehydes is 1. The Kier molecular flexibility index (Phi) is 7.10. The summed E-state index contributed by atoms with van der Waals surface area (Å²) in [4.78, 5) is 11.1. The molecule has 0 saturated heterocycles. The van der Waals surface area contributed by atoms with Gasteiger partial charge in [0.1, 0.15) is 12.0 Å². The van der Waals surface area contributed by atoms with Gasteiger partial charge in [0.05, 0.1) is 0 Å². The van der Waals surface area contributed by atoms with Crippen LogP contribution in [0.5, 0.6) is 5.75 Å². The van der Waals surface area contributed by atoms with Gasteiger partial charge in [-0.05, 0) is 35.1 Å². The Labute approximate surface area is 165 Å². The molecular formula is C18H22F6O4S. The maximum absolute atomic E-state index is 14.2. The van der Waals surface area contributed by atoms with Crippen LogP contribution in [0.3, 0.4) is 0 Å². The highest BCUT2D eigenvalue weighted by Gasteiger charge is 2.77. The van der Waals surface area contributed by atoms with Crippen molar-refractivity contribution in [3.63, 3.8) is 0 Å². The van der Waals surface area contributed by atoms with Crippen molar-refractivity contribution in [2.24, 2.45) is 0 Å². The Bertz CT molecular complexity index is 834. The van der Waals surface area contributed by atoms with Crippen molar-refractivity contribution in [1.82, 2.24) is 0 Å². The van der Waals surface area contributed by atoms with Crippen LogP contribution in [-0.2, 0) is 10.1 Å². The number of hydrogen-bond acceptors (Lipinski definition) is 4.